The maximum absolute atomic E-state index is 12.1. The van der Waals surface area contributed by atoms with E-state index in [1.165, 1.54) is 10.7 Å². The van der Waals surface area contributed by atoms with Crippen LogP contribution in [0.15, 0.2) is 45.7 Å². The second kappa shape index (κ2) is 7.94. The van der Waals surface area contributed by atoms with Crippen LogP contribution >= 0.6 is 0 Å². The first-order valence-corrected chi connectivity index (χ1v) is 8.75. The summed E-state index contributed by atoms with van der Waals surface area (Å²) in [6, 6.07) is 11.0. The van der Waals surface area contributed by atoms with Gasteiger partial charge in [-0.15, -0.1) is 0 Å². The largest absolute Gasteiger partial charge is 0.345 e. The molecule has 0 aliphatic heterocycles. The van der Waals surface area contributed by atoms with E-state index in [-0.39, 0.29) is 29.9 Å². The summed E-state index contributed by atoms with van der Waals surface area (Å²) in [5.41, 5.74) is 2.41. The SMILES string of the molecule is CC[C@@H](C)NC(=O)c1nc(Cn2nc(-c3ccc(C)cc3)ccc2=O)no1. The van der Waals surface area contributed by atoms with Gasteiger partial charge in [-0.25, -0.2) is 4.68 Å². The van der Waals surface area contributed by atoms with Gasteiger partial charge in [0.15, 0.2) is 5.82 Å². The highest BCUT2D eigenvalue weighted by Gasteiger charge is 2.17. The van der Waals surface area contributed by atoms with Gasteiger partial charge in [0.05, 0.1) is 5.69 Å². The van der Waals surface area contributed by atoms with Crippen LogP contribution in [0.4, 0.5) is 0 Å². The van der Waals surface area contributed by atoms with E-state index in [1.54, 1.807) is 6.07 Å². The normalized spacial score (nSPS) is 12.0. The zero-order valence-corrected chi connectivity index (χ0v) is 15.5. The number of rotatable bonds is 6. The van der Waals surface area contributed by atoms with Gasteiger partial charge in [0.2, 0.25) is 0 Å². The molecule has 2 heterocycles. The molecule has 0 aliphatic rings. The zero-order valence-electron chi connectivity index (χ0n) is 15.5. The number of nitrogens with one attached hydrogen (secondary N) is 1. The summed E-state index contributed by atoms with van der Waals surface area (Å²) in [5, 5.41) is 10.9. The maximum Gasteiger partial charge on any atom is 0.316 e. The minimum Gasteiger partial charge on any atom is -0.345 e. The minimum atomic E-state index is -0.434. The first kappa shape index (κ1) is 18.5. The van der Waals surface area contributed by atoms with Crippen molar-refractivity contribution in [1.82, 2.24) is 25.2 Å². The molecule has 3 rings (SSSR count). The molecule has 8 nitrogen and oxygen atoms in total. The van der Waals surface area contributed by atoms with Crippen molar-refractivity contribution in [2.75, 3.05) is 0 Å². The average molecular weight is 367 g/mol. The quantitative estimate of drug-likeness (QED) is 0.716. The number of aryl methyl sites for hydroxylation is 1. The molecule has 0 bridgehead atoms. The predicted octanol–water partition coefficient (Wildman–Crippen LogP) is 2.18. The molecule has 0 saturated carbocycles. The molecular formula is C19H21N5O3. The lowest BCUT2D eigenvalue weighted by atomic mass is 10.1. The molecule has 1 amide bonds. The topological polar surface area (TPSA) is 103 Å². The fraction of sp³-hybridized carbons (Fsp3) is 0.316. The van der Waals surface area contributed by atoms with Crippen molar-refractivity contribution in [2.24, 2.45) is 0 Å². The Balaban J connectivity index is 1.80. The van der Waals surface area contributed by atoms with E-state index in [9.17, 15) is 9.59 Å². The van der Waals surface area contributed by atoms with E-state index >= 15 is 0 Å². The van der Waals surface area contributed by atoms with Crippen molar-refractivity contribution < 1.29 is 9.32 Å². The van der Waals surface area contributed by atoms with Crippen molar-refractivity contribution in [3.8, 4) is 11.3 Å². The van der Waals surface area contributed by atoms with E-state index in [0.29, 0.717) is 5.69 Å². The summed E-state index contributed by atoms with van der Waals surface area (Å²) in [5.74, 6) is -0.357. The molecule has 0 saturated heterocycles. The van der Waals surface area contributed by atoms with Crippen LogP contribution in [-0.4, -0.2) is 31.9 Å². The van der Waals surface area contributed by atoms with Crippen LogP contribution in [0, 0.1) is 6.92 Å². The lowest BCUT2D eigenvalue weighted by Crippen LogP contribution is -2.32. The van der Waals surface area contributed by atoms with E-state index in [4.69, 9.17) is 4.52 Å². The third kappa shape index (κ3) is 4.46. The standard InChI is InChI=1S/C19H21N5O3/c1-4-13(3)20-18(26)19-21-16(23-27-19)11-24-17(25)10-9-15(22-24)14-7-5-12(2)6-8-14/h5-10,13H,4,11H2,1-3H3,(H,20,26)/t13-/m1/s1. The van der Waals surface area contributed by atoms with Crippen molar-refractivity contribution in [2.45, 2.75) is 39.8 Å². The van der Waals surface area contributed by atoms with Crippen LogP contribution in [0.1, 0.15) is 42.3 Å². The van der Waals surface area contributed by atoms with Gasteiger partial charge < -0.3 is 9.84 Å². The van der Waals surface area contributed by atoms with Crippen LogP contribution in [-0.2, 0) is 6.54 Å². The Morgan fingerprint density at radius 1 is 1.22 bits per heavy atom. The number of carbonyl (C=O) groups excluding carboxylic acids is 1. The molecule has 2 aromatic heterocycles. The Labute approximate surface area is 156 Å². The van der Waals surface area contributed by atoms with Crippen molar-refractivity contribution in [3.63, 3.8) is 0 Å². The number of aromatic nitrogens is 4. The van der Waals surface area contributed by atoms with E-state index in [1.807, 2.05) is 45.0 Å². The fourth-order valence-electron chi connectivity index (χ4n) is 2.37. The molecule has 0 spiro atoms. The molecule has 0 aliphatic carbocycles. The van der Waals surface area contributed by atoms with Gasteiger partial charge >= 0.3 is 11.8 Å². The smallest absolute Gasteiger partial charge is 0.316 e. The van der Waals surface area contributed by atoms with Crippen LogP contribution in [0.3, 0.4) is 0 Å². The third-order valence-electron chi connectivity index (χ3n) is 4.16. The van der Waals surface area contributed by atoms with Crippen LogP contribution in [0.5, 0.6) is 0 Å². The predicted molar refractivity (Wildman–Crippen MR) is 99.3 cm³/mol. The van der Waals surface area contributed by atoms with Gasteiger partial charge in [0.25, 0.3) is 5.56 Å². The molecule has 1 N–H and O–H groups in total. The number of hydrogen-bond acceptors (Lipinski definition) is 6. The Kier molecular flexibility index (Phi) is 5.44. The second-order valence-corrected chi connectivity index (χ2v) is 6.38. The van der Waals surface area contributed by atoms with Gasteiger partial charge in [0.1, 0.15) is 6.54 Å². The molecular weight excluding hydrogens is 346 g/mol. The Bertz CT molecular complexity index is 991. The number of hydrogen-bond donors (Lipinski definition) is 1. The molecule has 3 aromatic rings. The lowest BCUT2D eigenvalue weighted by Gasteiger charge is -2.08. The molecule has 1 aromatic carbocycles. The van der Waals surface area contributed by atoms with Crippen LogP contribution < -0.4 is 10.9 Å². The second-order valence-electron chi connectivity index (χ2n) is 6.38. The first-order chi connectivity index (χ1) is 13.0. The number of amides is 1. The van der Waals surface area contributed by atoms with E-state index in [2.05, 4.69) is 20.6 Å². The molecule has 0 radical (unpaired) electrons. The van der Waals surface area contributed by atoms with Gasteiger partial charge in [-0.2, -0.15) is 10.1 Å². The summed E-state index contributed by atoms with van der Waals surface area (Å²) in [4.78, 5) is 28.2. The molecule has 8 heteroatoms. The van der Waals surface area contributed by atoms with Crippen LogP contribution in [0.25, 0.3) is 11.3 Å². The molecule has 0 fully saturated rings. The Morgan fingerprint density at radius 2 is 1.96 bits per heavy atom. The molecule has 27 heavy (non-hydrogen) atoms. The highest BCUT2D eigenvalue weighted by molar-refractivity contribution is 5.89. The maximum atomic E-state index is 12.1. The number of carbonyl (C=O) groups is 1. The summed E-state index contributed by atoms with van der Waals surface area (Å²) in [6.07, 6.45) is 0.790. The lowest BCUT2D eigenvalue weighted by molar-refractivity contribution is 0.0895. The first-order valence-electron chi connectivity index (χ1n) is 8.75. The van der Waals surface area contributed by atoms with E-state index < -0.39 is 5.91 Å². The summed E-state index contributed by atoms with van der Waals surface area (Å²) in [7, 11) is 0. The van der Waals surface area contributed by atoms with Gasteiger partial charge in [-0.05, 0) is 26.3 Å². The summed E-state index contributed by atoms with van der Waals surface area (Å²) >= 11 is 0. The van der Waals surface area contributed by atoms with Gasteiger partial charge in [-0.1, -0.05) is 41.9 Å². The van der Waals surface area contributed by atoms with Crippen molar-refractivity contribution in [3.05, 3.63) is 64.0 Å². The average Bonchev–Trinajstić information content (AvgIpc) is 3.13. The molecule has 140 valence electrons. The summed E-state index contributed by atoms with van der Waals surface area (Å²) < 4.78 is 6.24. The number of benzene rings is 1. The third-order valence-corrected chi connectivity index (χ3v) is 4.16. The monoisotopic (exact) mass is 367 g/mol. The number of nitrogens with zero attached hydrogens (tertiary/aromatic N) is 4. The fourth-order valence-corrected chi connectivity index (χ4v) is 2.37. The highest BCUT2D eigenvalue weighted by Crippen LogP contribution is 2.16. The van der Waals surface area contributed by atoms with Gasteiger partial charge in [0, 0.05) is 17.7 Å². The Hall–Kier alpha value is -3.29. The minimum absolute atomic E-state index is 0.00308. The van der Waals surface area contributed by atoms with E-state index in [0.717, 1.165) is 17.5 Å². The highest BCUT2D eigenvalue weighted by atomic mass is 16.5. The van der Waals surface area contributed by atoms with Crippen molar-refractivity contribution in [1.29, 1.82) is 0 Å². The summed E-state index contributed by atoms with van der Waals surface area (Å²) in [6.45, 7) is 5.86. The van der Waals surface area contributed by atoms with Gasteiger partial charge in [-0.3, -0.25) is 9.59 Å². The molecule has 1 atom stereocenters. The zero-order chi connectivity index (χ0) is 19.4. The Morgan fingerprint density at radius 3 is 2.67 bits per heavy atom. The van der Waals surface area contributed by atoms with Crippen LogP contribution in [0.2, 0.25) is 0 Å². The molecule has 0 unspecified atom stereocenters. The van der Waals surface area contributed by atoms with Crippen molar-refractivity contribution >= 4 is 5.91 Å².